The summed E-state index contributed by atoms with van der Waals surface area (Å²) in [5.41, 5.74) is 8.44. The van der Waals surface area contributed by atoms with Crippen LogP contribution < -0.4 is 5.73 Å². The van der Waals surface area contributed by atoms with Crippen LogP contribution in [0.1, 0.15) is 24.8 Å². The van der Waals surface area contributed by atoms with E-state index in [2.05, 4.69) is 17.2 Å². The predicted octanol–water partition coefficient (Wildman–Crippen LogP) is 2.56. The zero-order valence-electron chi connectivity index (χ0n) is 9.20. The summed E-state index contributed by atoms with van der Waals surface area (Å²) in [5.74, 6) is 0. The van der Waals surface area contributed by atoms with Crippen molar-refractivity contribution >= 4 is 22.5 Å². The monoisotopic (exact) mass is 235 g/mol. The summed E-state index contributed by atoms with van der Waals surface area (Å²) in [5, 5.41) is 5.75. The number of fused-ring (bicyclic) bond motifs is 1. The Morgan fingerprint density at radius 3 is 2.81 bits per heavy atom. The van der Waals surface area contributed by atoms with Crippen LogP contribution in [0.4, 0.5) is 0 Å². The number of halogens is 1. The van der Waals surface area contributed by atoms with Crippen molar-refractivity contribution in [1.29, 1.82) is 0 Å². The highest BCUT2D eigenvalue weighted by molar-refractivity contribution is 6.34. The Morgan fingerprint density at radius 1 is 1.44 bits per heavy atom. The Kier molecular flexibility index (Phi) is 2.03. The van der Waals surface area contributed by atoms with E-state index in [0.717, 1.165) is 23.7 Å². The maximum Gasteiger partial charge on any atom is 0.158 e. The molecule has 0 bridgehead atoms. The fraction of sp³-hybridized carbons (Fsp3) is 0.417. The molecule has 0 saturated heterocycles. The Bertz CT molecular complexity index is 555. The summed E-state index contributed by atoms with van der Waals surface area (Å²) < 4.78 is 1.81. The molecule has 0 unspecified atom stereocenters. The van der Waals surface area contributed by atoms with Gasteiger partial charge in [-0.05, 0) is 37.0 Å². The topological polar surface area (TPSA) is 43.8 Å². The second kappa shape index (κ2) is 3.22. The standard InChI is InChI=1S/C12H14ClN3/c1-16-10-7-8(12(14)5-2-6-12)3-4-9(10)11(13)15-16/h3-4,7H,2,5-6,14H2,1H3. The minimum absolute atomic E-state index is 0.120. The van der Waals surface area contributed by atoms with Crippen molar-refractivity contribution in [2.24, 2.45) is 12.8 Å². The van der Waals surface area contributed by atoms with Crippen molar-refractivity contribution < 1.29 is 0 Å². The Labute approximate surface area is 99.2 Å². The molecule has 0 atom stereocenters. The van der Waals surface area contributed by atoms with Crippen LogP contribution in [0.2, 0.25) is 5.15 Å². The average Bonchev–Trinajstić information content (AvgIpc) is 2.51. The van der Waals surface area contributed by atoms with E-state index in [0.29, 0.717) is 5.15 Å². The number of nitrogens with zero attached hydrogens (tertiary/aromatic N) is 2. The van der Waals surface area contributed by atoms with Gasteiger partial charge in [0.1, 0.15) is 0 Å². The van der Waals surface area contributed by atoms with Crippen molar-refractivity contribution in [3.8, 4) is 0 Å². The SMILES string of the molecule is Cn1nc(Cl)c2ccc(C3(N)CCC3)cc21. The molecule has 1 saturated carbocycles. The maximum atomic E-state index is 6.31. The van der Waals surface area contributed by atoms with Crippen molar-refractivity contribution in [2.45, 2.75) is 24.8 Å². The molecule has 3 rings (SSSR count). The second-order valence-electron chi connectivity index (χ2n) is 4.66. The lowest BCUT2D eigenvalue weighted by Crippen LogP contribution is -2.43. The van der Waals surface area contributed by atoms with Crippen molar-refractivity contribution in [3.63, 3.8) is 0 Å². The summed E-state index contributed by atoms with van der Waals surface area (Å²) in [6.07, 6.45) is 3.37. The van der Waals surface area contributed by atoms with Gasteiger partial charge in [-0.25, -0.2) is 0 Å². The fourth-order valence-electron chi connectivity index (χ4n) is 2.37. The highest BCUT2D eigenvalue weighted by Gasteiger charge is 2.34. The van der Waals surface area contributed by atoms with Crippen LogP contribution in [0.15, 0.2) is 18.2 Å². The molecule has 16 heavy (non-hydrogen) atoms. The molecule has 1 aromatic heterocycles. The normalized spacial score (nSPS) is 18.7. The van der Waals surface area contributed by atoms with E-state index in [1.165, 1.54) is 12.0 Å². The molecule has 2 aromatic rings. The van der Waals surface area contributed by atoms with Gasteiger partial charge in [0.25, 0.3) is 0 Å². The number of hydrogen-bond donors (Lipinski definition) is 1. The number of benzene rings is 1. The molecule has 1 aliphatic carbocycles. The minimum Gasteiger partial charge on any atom is -0.321 e. The van der Waals surface area contributed by atoms with Gasteiger partial charge in [0, 0.05) is 18.0 Å². The van der Waals surface area contributed by atoms with E-state index in [1.807, 2.05) is 17.8 Å². The van der Waals surface area contributed by atoms with E-state index < -0.39 is 0 Å². The van der Waals surface area contributed by atoms with Gasteiger partial charge in [-0.3, -0.25) is 4.68 Å². The van der Waals surface area contributed by atoms with Crippen molar-refractivity contribution in [3.05, 3.63) is 28.9 Å². The van der Waals surface area contributed by atoms with E-state index in [9.17, 15) is 0 Å². The number of rotatable bonds is 1. The molecule has 1 aliphatic rings. The van der Waals surface area contributed by atoms with Crippen LogP contribution in [0.25, 0.3) is 10.9 Å². The molecule has 4 heteroatoms. The van der Waals surface area contributed by atoms with Gasteiger partial charge in [0.2, 0.25) is 0 Å². The van der Waals surface area contributed by atoms with E-state index in [4.69, 9.17) is 17.3 Å². The molecule has 2 N–H and O–H groups in total. The van der Waals surface area contributed by atoms with Gasteiger partial charge in [-0.1, -0.05) is 17.7 Å². The number of hydrogen-bond acceptors (Lipinski definition) is 2. The zero-order chi connectivity index (χ0) is 11.3. The third-order valence-electron chi connectivity index (χ3n) is 3.63. The summed E-state index contributed by atoms with van der Waals surface area (Å²) in [4.78, 5) is 0. The van der Waals surface area contributed by atoms with Gasteiger partial charge >= 0.3 is 0 Å². The van der Waals surface area contributed by atoms with Crippen LogP contribution >= 0.6 is 11.6 Å². The Balaban J connectivity index is 2.19. The van der Waals surface area contributed by atoms with Crippen LogP contribution in [0.5, 0.6) is 0 Å². The second-order valence-corrected chi connectivity index (χ2v) is 5.01. The van der Waals surface area contributed by atoms with Crippen LogP contribution in [0, 0.1) is 0 Å². The molecule has 0 amide bonds. The fourth-order valence-corrected chi connectivity index (χ4v) is 2.64. The van der Waals surface area contributed by atoms with Gasteiger partial charge in [-0.15, -0.1) is 0 Å². The number of nitrogens with two attached hydrogens (primary N) is 1. The van der Waals surface area contributed by atoms with Crippen LogP contribution in [-0.4, -0.2) is 9.78 Å². The number of aryl methyl sites for hydroxylation is 1. The molecule has 84 valence electrons. The summed E-state index contributed by atoms with van der Waals surface area (Å²) in [6, 6.07) is 6.22. The highest BCUT2D eigenvalue weighted by atomic mass is 35.5. The Hall–Kier alpha value is -1.06. The van der Waals surface area contributed by atoms with E-state index in [-0.39, 0.29) is 5.54 Å². The molecule has 1 fully saturated rings. The van der Waals surface area contributed by atoms with Gasteiger partial charge in [-0.2, -0.15) is 5.10 Å². The maximum absolute atomic E-state index is 6.31. The zero-order valence-corrected chi connectivity index (χ0v) is 9.96. The molecule has 0 radical (unpaired) electrons. The van der Waals surface area contributed by atoms with Gasteiger partial charge in [0.15, 0.2) is 5.15 Å². The lowest BCUT2D eigenvalue weighted by molar-refractivity contribution is 0.254. The lowest BCUT2D eigenvalue weighted by atomic mass is 9.73. The molecular formula is C12H14ClN3. The lowest BCUT2D eigenvalue weighted by Gasteiger charge is -2.38. The minimum atomic E-state index is -0.120. The number of aromatic nitrogens is 2. The summed E-state index contributed by atoms with van der Waals surface area (Å²) in [7, 11) is 1.90. The first-order valence-electron chi connectivity index (χ1n) is 5.52. The van der Waals surface area contributed by atoms with Crippen molar-refractivity contribution in [1.82, 2.24) is 9.78 Å². The molecule has 3 nitrogen and oxygen atoms in total. The molecule has 0 spiro atoms. The summed E-state index contributed by atoms with van der Waals surface area (Å²) >= 11 is 6.03. The highest BCUT2D eigenvalue weighted by Crippen LogP contribution is 2.39. The predicted molar refractivity (Wildman–Crippen MR) is 65.4 cm³/mol. The largest absolute Gasteiger partial charge is 0.321 e. The van der Waals surface area contributed by atoms with Gasteiger partial charge in [0.05, 0.1) is 5.52 Å². The van der Waals surface area contributed by atoms with Crippen molar-refractivity contribution in [2.75, 3.05) is 0 Å². The molecule has 1 aromatic carbocycles. The Morgan fingerprint density at radius 2 is 2.19 bits per heavy atom. The molecular weight excluding hydrogens is 222 g/mol. The third kappa shape index (κ3) is 1.28. The first-order chi connectivity index (χ1) is 7.60. The third-order valence-corrected chi connectivity index (χ3v) is 3.91. The first-order valence-corrected chi connectivity index (χ1v) is 5.90. The summed E-state index contributed by atoms with van der Waals surface area (Å²) in [6.45, 7) is 0. The van der Waals surface area contributed by atoms with E-state index in [1.54, 1.807) is 0 Å². The van der Waals surface area contributed by atoms with Gasteiger partial charge < -0.3 is 5.73 Å². The first kappa shape index (κ1) is 10.1. The van der Waals surface area contributed by atoms with E-state index >= 15 is 0 Å². The molecule has 0 aliphatic heterocycles. The quantitative estimate of drug-likeness (QED) is 0.826. The smallest absolute Gasteiger partial charge is 0.158 e. The molecule has 1 heterocycles. The van der Waals surface area contributed by atoms with Crippen LogP contribution in [-0.2, 0) is 12.6 Å². The average molecular weight is 236 g/mol. The van der Waals surface area contributed by atoms with Crippen LogP contribution in [0.3, 0.4) is 0 Å².